The summed E-state index contributed by atoms with van der Waals surface area (Å²) in [4.78, 5) is 29.0. The van der Waals surface area contributed by atoms with E-state index in [4.69, 9.17) is 27.3 Å². The van der Waals surface area contributed by atoms with Crippen LogP contribution in [0.15, 0.2) is 59.4 Å². The number of allylic oxidation sites excluding steroid dienone is 1. The monoisotopic (exact) mass is 606 g/mol. The Morgan fingerprint density at radius 2 is 1.77 bits per heavy atom. The van der Waals surface area contributed by atoms with Crippen molar-refractivity contribution in [2.24, 2.45) is 17.9 Å². The number of ether oxygens (including phenoxy) is 1. The molecule has 39 heavy (non-hydrogen) atoms. The van der Waals surface area contributed by atoms with Gasteiger partial charge in [-0.15, -0.1) is 0 Å². The van der Waals surface area contributed by atoms with E-state index in [2.05, 4.69) is 5.16 Å². The molecule has 0 radical (unpaired) electrons. The predicted octanol–water partition coefficient (Wildman–Crippen LogP) is 5.02. The Morgan fingerprint density at radius 3 is 2.26 bits per heavy atom. The number of halogens is 7. The Balaban J connectivity index is 0.000000673. The van der Waals surface area contributed by atoms with Crippen molar-refractivity contribution in [1.29, 1.82) is 0 Å². The van der Waals surface area contributed by atoms with Crippen LogP contribution >= 0.6 is 19.4 Å². The van der Waals surface area contributed by atoms with Gasteiger partial charge in [0.2, 0.25) is 6.33 Å². The maximum atomic E-state index is 13.2. The van der Waals surface area contributed by atoms with Gasteiger partial charge < -0.3 is 25.5 Å². The van der Waals surface area contributed by atoms with Gasteiger partial charge in [-0.1, -0.05) is 28.9 Å². The first-order valence-corrected chi connectivity index (χ1v) is 13.3. The number of benzene rings is 1. The minimum atomic E-state index is -10.7. The number of imidazole rings is 1. The third kappa shape index (κ3) is 10.3. The molecule has 0 spiro atoms. The van der Waals surface area contributed by atoms with Crippen LogP contribution in [0.4, 0.5) is 30.0 Å². The fraction of sp³-hybridized carbons (Fsp3) is 0.333. The molecule has 0 fully saturated rings. The third-order valence-electron chi connectivity index (χ3n) is 5.28. The Kier molecular flexibility index (Phi) is 8.88. The van der Waals surface area contributed by atoms with Crippen molar-refractivity contribution in [2.45, 2.75) is 19.5 Å². The summed E-state index contributed by atoms with van der Waals surface area (Å²) >= 11 is 6.03. The molecule has 0 aliphatic carbocycles. The van der Waals surface area contributed by atoms with Gasteiger partial charge in [0, 0.05) is 17.8 Å². The van der Waals surface area contributed by atoms with Gasteiger partial charge in [-0.2, -0.15) is 0 Å². The van der Waals surface area contributed by atoms with Crippen molar-refractivity contribution >= 4 is 37.2 Å². The molecule has 1 aromatic heterocycles. The molecule has 3 N–H and O–H groups in total. The molecular formula is C21H26ClF6N6O4P. The summed E-state index contributed by atoms with van der Waals surface area (Å²) in [6.45, 7) is 2.13. The van der Waals surface area contributed by atoms with Crippen LogP contribution in [0.1, 0.15) is 18.5 Å². The summed E-state index contributed by atoms with van der Waals surface area (Å²) in [7, 11) is -7.20. The second-order valence-electron chi connectivity index (χ2n) is 8.43. The van der Waals surface area contributed by atoms with Crippen LogP contribution in [-0.2, 0) is 23.1 Å². The van der Waals surface area contributed by atoms with E-state index in [0.29, 0.717) is 28.4 Å². The molecule has 218 valence electrons. The van der Waals surface area contributed by atoms with Crippen molar-refractivity contribution in [1.82, 2.24) is 14.4 Å². The third-order valence-corrected chi connectivity index (χ3v) is 5.54. The van der Waals surface area contributed by atoms with E-state index < -0.39 is 25.9 Å². The van der Waals surface area contributed by atoms with Gasteiger partial charge >= 0.3 is 45.0 Å². The van der Waals surface area contributed by atoms with E-state index in [9.17, 15) is 34.8 Å². The van der Waals surface area contributed by atoms with E-state index in [0.717, 1.165) is 0 Å². The maximum absolute atomic E-state index is 13.2. The van der Waals surface area contributed by atoms with Crippen LogP contribution < -0.4 is 10.3 Å². The Bertz CT molecular complexity index is 1270. The molecule has 0 saturated carbocycles. The molecule has 3 rings (SSSR count). The van der Waals surface area contributed by atoms with E-state index in [1.54, 1.807) is 38.2 Å². The fourth-order valence-electron chi connectivity index (χ4n) is 3.55. The SMILES string of the molecule is CC1=C(C(=O)OCCn2cc[n+](C)c2)C(c2ccc(Cl)cc2)N(C/C(N)=N\O)C(=O)N1C.F[P-](F)(F)(F)(F)F. The minimum absolute atomic E-state index is 0.148. The molecular weight excluding hydrogens is 581 g/mol. The number of aryl methyl sites for hydroxylation is 1. The van der Waals surface area contributed by atoms with Crippen LogP contribution in [0.5, 0.6) is 0 Å². The van der Waals surface area contributed by atoms with Crippen LogP contribution in [0.2, 0.25) is 5.02 Å². The summed E-state index contributed by atoms with van der Waals surface area (Å²) in [6, 6.07) is 5.60. The van der Waals surface area contributed by atoms with Gasteiger partial charge in [0.15, 0.2) is 5.84 Å². The van der Waals surface area contributed by atoms with E-state index in [-0.39, 0.29) is 19.0 Å². The number of carbonyl (C=O) groups excluding carboxylic acids is 2. The first-order valence-electron chi connectivity index (χ1n) is 10.9. The average Bonchev–Trinajstić information content (AvgIpc) is 3.22. The van der Waals surface area contributed by atoms with Crippen LogP contribution in [0, 0.1) is 0 Å². The van der Waals surface area contributed by atoms with Gasteiger partial charge in [-0.25, -0.2) is 18.7 Å². The number of aromatic nitrogens is 2. The number of hydrogen-bond donors (Lipinski definition) is 2. The van der Waals surface area contributed by atoms with E-state index >= 15 is 0 Å². The van der Waals surface area contributed by atoms with Gasteiger partial charge in [0.05, 0.1) is 25.2 Å². The van der Waals surface area contributed by atoms with Gasteiger partial charge in [-0.3, -0.25) is 0 Å². The summed E-state index contributed by atoms with van der Waals surface area (Å²) in [5, 5.41) is 12.5. The molecule has 1 unspecified atom stereocenters. The molecule has 1 aliphatic rings. The summed E-state index contributed by atoms with van der Waals surface area (Å²) < 4.78 is 68.6. The Morgan fingerprint density at radius 1 is 1.21 bits per heavy atom. The summed E-state index contributed by atoms with van der Waals surface area (Å²) in [5.41, 5.74) is 7.10. The number of nitrogens with zero attached hydrogens (tertiary/aromatic N) is 5. The summed E-state index contributed by atoms with van der Waals surface area (Å²) in [5.74, 6) is -0.721. The number of rotatable bonds is 7. The zero-order valence-corrected chi connectivity index (χ0v) is 22.5. The zero-order valence-electron chi connectivity index (χ0n) is 20.8. The topological polar surface area (TPSA) is 117 Å². The van der Waals surface area contributed by atoms with Gasteiger partial charge in [0.1, 0.15) is 25.5 Å². The van der Waals surface area contributed by atoms with Crippen molar-refractivity contribution in [3.8, 4) is 0 Å². The first-order chi connectivity index (χ1) is 17.7. The molecule has 10 nitrogen and oxygen atoms in total. The number of esters is 1. The molecule has 1 aliphatic heterocycles. The molecule has 2 amide bonds. The number of amides is 2. The molecule has 2 heterocycles. The molecule has 18 heteroatoms. The Hall–Kier alpha value is -3.52. The van der Waals surface area contributed by atoms with Gasteiger partial charge in [-0.05, 0) is 24.6 Å². The number of hydrogen-bond acceptors (Lipinski definition) is 5. The Labute approximate surface area is 223 Å². The second kappa shape index (κ2) is 10.9. The number of nitrogens with two attached hydrogens (primary N) is 1. The van der Waals surface area contributed by atoms with Crippen LogP contribution in [0.3, 0.4) is 0 Å². The fourth-order valence-corrected chi connectivity index (χ4v) is 3.68. The van der Waals surface area contributed by atoms with Crippen LogP contribution in [0.25, 0.3) is 0 Å². The van der Waals surface area contributed by atoms with Crippen molar-refractivity contribution in [2.75, 3.05) is 20.2 Å². The van der Waals surface area contributed by atoms with Crippen LogP contribution in [-0.4, -0.2) is 57.6 Å². The average molecular weight is 607 g/mol. The first kappa shape index (κ1) is 31.7. The number of urea groups is 1. The standard InChI is InChI=1S/C21H25ClN6O4.F6P/c1-14-18(20(29)32-11-10-27-9-8-25(2)13-27)19(15-4-6-16(22)7-5-15)28(12-17(23)24-31)21(30)26(14)3;1-7(2,3,4,5)6/h4-9,13,19H,10-12H2,1-3H3,(H2-,23,24,31);/q;-1/p+1. The molecule has 0 saturated heterocycles. The predicted molar refractivity (Wildman–Crippen MR) is 130 cm³/mol. The van der Waals surface area contributed by atoms with Gasteiger partial charge in [0.25, 0.3) is 0 Å². The molecule has 1 atom stereocenters. The summed E-state index contributed by atoms with van der Waals surface area (Å²) in [6.07, 6.45) is 5.64. The molecule has 0 bridgehead atoms. The second-order valence-corrected chi connectivity index (χ2v) is 10.8. The number of amidine groups is 1. The van der Waals surface area contributed by atoms with Crippen molar-refractivity contribution < 1.29 is 49.3 Å². The van der Waals surface area contributed by atoms with E-state index in [1.165, 1.54) is 9.80 Å². The normalized spacial score (nSPS) is 18.3. The van der Waals surface area contributed by atoms with E-state index in [1.807, 2.05) is 34.9 Å². The molecule has 1 aromatic carbocycles. The number of oxime groups is 1. The van der Waals surface area contributed by atoms with Crippen molar-refractivity contribution in [3.63, 3.8) is 0 Å². The van der Waals surface area contributed by atoms with Crippen molar-refractivity contribution in [3.05, 3.63) is 64.8 Å². The zero-order chi connectivity index (χ0) is 29.8. The quantitative estimate of drug-likeness (QED) is 0.0671. The molecule has 2 aromatic rings. The number of carbonyl (C=O) groups is 2.